The predicted octanol–water partition coefficient (Wildman–Crippen LogP) is 2.72. The van der Waals surface area contributed by atoms with Crippen molar-refractivity contribution in [1.82, 2.24) is 0 Å². The van der Waals surface area contributed by atoms with Gasteiger partial charge in [-0.15, -0.1) is 11.3 Å². The number of ether oxygens (including phenoxy) is 2. The third-order valence-corrected chi connectivity index (χ3v) is 3.39. The molecule has 0 unspecified atom stereocenters. The molecule has 1 amide bonds. The Morgan fingerprint density at radius 3 is 2.53 bits per heavy atom. The SMILES string of the molecule is CCOC(=O)c1c(NC(=O)OC)sc(C)c1C. The summed E-state index contributed by atoms with van der Waals surface area (Å²) in [6, 6.07) is 0. The lowest BCUT2D eigenvalue weighted by molar-refractivity contribution is 0.0527. The number of methoxy groups -OCH3 is 1. The van der Waals surface area contributed by atoms with Crippen molar-refractivity contribution in [3.8, 4) is 0 Å². The van der Waals surface area contributed by atoms with Crippen LogP contribution in [0.4, 0.5) is 9.80 Å². The van der Waals surface area contributed by atoms with Crippen molar-refractivity contribution in [2.24, 2.45) is 0 Å². The monoisotopic (exact) mass is 257 g/mol. The second-order valence-corrected chi connectivity index (χ2v) is 4.55. The molecule has 1 heterocycles. The number of nitrogens with one attached hydrogen (secondary N) is 1. The molecule has 0 aromatic carbocycles. The Labute approximate surface area is 104 Å². The summed E-state index contributed by atoms with van der Waals surface area (Å²) in [4.78, 5) is 23.9. The maximum atomic E-state index is 11.8. The normalized spacial score (nSPS) is 9.88. The number of anilines is 1. The number of esters is 1. The molecule has 1 N–H and O–H groups in total. The lowest BCUT2D eigenvalue weighted by atomic mass is 10.1. The lowest BCUT2D eigenvalue weighted by Crippen LogP contribution is -2.14. The van der Waals surface area contributed by atoms with Crippen molar-refractivity contribution in [3.05, 3.63) is 16.0 Å². The van der Waals surface area contributed by atoms with Gasteiger partial charge in [0.15, 0.2) is 0 Å². The molecule has 0 aliphatic heterocycles. The number of aryl methyl sites for hydroxylation is 1. The van der Waals surface area contributed by atoms with E-state index in [-0.39, 0.29) is 0 Å². The van der Waals surface area contributed by atoms with Gasteiger partial charge < -0.3 is 9.47 Å². The maximum Gasteiger partial charge on any atom is 0.411 e. The van der Waals surface area contributed by atoms with Crippen LogP contribution in [0.2, 0.25) is 0 Å². The van der Waals surface area contributed by atoms with E-state index in [1.807, 2.05) is 13.8 Å². The minimum absolute atomic E-state index is 0.296. The molecule has 0 aliphatic carbocycles. The second-order valence-electron chi connectivity index (χ2n) is 3.32. The number of hydrogen-bond donors (Lipinski definition) is 1. The summed E-state index contributed by atoms with van der Waals surface area (Å²) in [6.07, 6.45) is -0.600. The third-order valence-electron chi connectivity index (χ3n) is 2.27. The average molecular weight is 257 g/mol. The summed E-state index contributed by atoms with van der Waals surface area (Å²) in [5.41, 5.74) is 1.22. The van der Waals surface area contributed by atoms with Gasteiger partial charge in [-0.25, -0.2) is 9.59 Å². The van der Waals surface area contributed by atoms with Crippen molar-refractivity contribution in [1.29, 1.82) is 0 Å². The van der Waals surface area contributed by atoms with Crippen LogP contribution in [0.3, 0.4) is 0 Å². The van der Waals surface area contributed by atoms with Gasteiger partial charge in [-0.2, -0.15) is 0 Å². The zero-order valence-electron chi connectivity index (χ0n) is 10.2. The average Bonchev–Trinajstić information content (AvgIpc) is 2.54. The molecule has 0 spiro atoms. The molecule has 1 aromatic rings. The smallest absolute Gasteiger partial charge is 0.411 e. The second kappa shape index (κ2) is 5.67. The summed E-state index contributed by atoms with van der Waals surface area (Å²) < 4.78 is 9.46. The lowest BCUT2D eigenvalue weighted by Gasteiger charge is -2.05. The summed E-state index contributed by atoms with van der Waals surface area (Å²) in [6.45, 7) is 5.73. The van der Waals surface area contributed by atoms with Gasteiger partial charge in [-0.1, -0.05) is 0 Å². The zero-order chi connectivity index (χ0) is 13.0. The number of rotatable bonds is 3. The predicted molar refractivity (Wildman–Crippen MR) is 65.8 cm³/mol. The van der Waals surface area contributed by atoms with Crippen LogP contribution < -0.4 is 5.32 Å². The number of thiophene rings is 1. The van der Waals surface area contributed by atoms with Gasteiger partial charge in [-0.05, 0) is 26.3 Å². The highest BCUT2D eigenvalue weighted by Gasteiger charge is 2.21. The van der Waals surface area contributed by atoms with Gasteiger partial charge in [0.1, 0.15) is 5.00 Å². The van der Waals surface area contributed by atoms with Crippen LogP contribution in [0.5, 0.6) is 0 Å². The number of hydrogen-bond acceptors (Lipinski definition) is 5. The molecule has 0 saturated heterocycles. The van der Waals surface area contributed by atoms with E-state index in [0.717, 1.165) is 10.4 Å². The molecule has 0 radical (unpaired) electrons. The highest BCUT2D eigenvalue weighted by molar-refractivity contribution is 7.16. The number of amides is 1. The van der Waals surface area contributed by atoms with Crippen molar-refractivity contribution >= 4 is 28.4 Å². The summed E-state index contributed by atoms with van der Waals surface area (Å²) in [5, 5.41) is 2.98. The zero-order valence-corrected chi connectivity index (χ0v) is 11.1. The van der Waals surface area contributed by atoms with E-state index in [0.29, 0.717) is 17.2 Å². The topological polar surface area (TPSA) is 64.6 Å². The molecule has 1 aromatic heterocycles. The van der Waals surface area contributed by atoms with Crippen LogP contribution in [0.15, 0.2) is 0 Å². The number of carbonyl (C=O) groups excluding carboxylic acids is 2. The van der Waals surface area contributed by atoms with Gasteiger partial charge in [0, 0.05) is 4.88 Å². The van der Waals surface area contributed by atoms with E-state index in [4.69, 9.17) is 4.74 Å². The Morgan fingerprint density at radius 1 is 1.35 bits per heavy atom. The molecular weight excluding hydrogens is 242 g/mol. The Hall–Kier alpha value is -1.56. The highest BCUT2D eigenvalue weighted by Crippen LogP contribution is 2.33. The first kappa shape index (κ1) is 13.5. The minimum atomic E-state index is -0.600. The fraction of sp³-hybridized carbons (Fsp3) is 0.455. The van der Waals surface area contributed by atoms with Crippen LogP contribution >= 0.6 is 11.3 Å². The molecule has 5 nitrogen and oxygen atoms in total. The molecule has 17 heavy (non-hydrogen) atoms. The third kappa shape index (κ3) is 2.97. The molecule has 0 aliphatic rings. The molecule has 0 bridgehead atoms. The quantitative estimate of drug-likeness (QED) is 0.845. The van der Waals surface area contributed by atoms with Gasteiger partial charge in [0.05, 0.1) is 19.3 Å². The van der Waals surface area contributed by atoms with E-state index in [1.54, 1.807) is 6.92 Å². The summed E-state index contributed by atoms with van der Waals surface area (Å²) in [5.74, 6) is -0.430. The molecule has 0 fully saturated rings. The van der Waals surface area contributed by atoms with E-state index in [1.165, 1.54) is 18.4 Å². The Balaban J connectivity index is 3.08. The van der Waals surface area contributed by atoms with Crippen LogP contribution in [0.1, 0.15) is 27.7 Å². The highest BCUT2D eigenvalue weighted by atomic mass is 32.1. The van der Waals surface area contributed by atoms with Gasteiger partial charge in [0.2, 0.25) is 0 Å². The van der Waals surface area contributed by atoms with E-state index in [2.05, 4.69) is 10.1 Å². The molecule has 1 rings (SSSR count). The van der Waals surface area contributed by atoms with Crippen molar-refractivity contribution in [3.63, 3.8) is 0 Å². The van der Waals surface area contributed by atoms with Gasteiger partial charge in [0.25, 0.3) is 0 Å². The minimum Gasteiger partial charge on any atom is -0.462 e. The molecular formula is C11H15NO4S. The first-order valence-electron chi connectivity index (χ1n) is 5.13. The van der Waals surface area contributed by atoms with E-state index in [9.17, 15) is 9.59 Å². The van der Waals surface area contributed by atoms with Gasteiger partial charge >= 0.3 is 12.1 Å². The Kier molecular flexibility index (Phi) is 4.51. The summed E-state index contributed by atoms with van der Waals surface area (Å²) >= 11 is 1.33. The number of carbonyl (C=O) groups is 2. The summed E-state index contributed by atoms with van der Waals surface area (Å²) in [7, 11) is 1.27. The maximum absolute atomic E-state index is 11.8. The van der Waals surface area contributed by atoms with Crippen LogP contribution in [0.25, 0.3) is 0 Å². The van der Waals surface area contributed by atoms with Crippen LogP contribution in [0, 0.1) is 13.8 Å². The largest absolute Gasteiger partial charge is 0.462 e. The van der Waals surface area contributed by atoms with E-state index >= 15 is 0 Å². The van der Waals surface area contributed by atoms with Crippen molar-refractivity contribution < 1.29 is 19.1 Å². The van der Waals surface area contributed by atoms with Gasteiger partial charge in [-0.3, -0.25) is 5.32 Å². The van der Waals surface area contributed by atoms with Crippen LogP contribution in [-0.2, 0) is 9.47 Å². The fourth-order valence-corrected chi connectivity index (χ4v) is 2.34. The van der Waals surface area contributed by atoms with Crippen LogP contribution in [-0.4, -0.2) is 25.8 Å². The molecule has 94 valence electrons. The molecule has 0 atom stereocenters. The first-order valence-corrected chi connectivity index (χ1v) is 5.95. The molecule has 6 heteroatoms. The van der Waals surface area contributed by atoms with Crippen molar-refractivity contribution in [2.45, 2.75) is 20.8 Å². The fourth-order valence-electron chi connectivity index (χ4n) is 1.31. The Bertz CT molecular complexity index is 439. The first-order chi connectivity index (χ1) is 8.01. The van der Waals surface area contributed by atoms with E-state index < -0.39 is 12.1 Å². The standard InChI is InChI=1S/C11H15NO4S/c1-5-16-10(13)8-6(2)7(3)17-9(8)12-11(14)15-4/h5H2,1-4H3,(H,12,14). The molecule has 0 saturated carbocycles. The van der Waals surface area contributed by atoms with Crippen molar-refractivity contribution in [2.75, 3.05) is 19.0 Å². The Morgan fingerprint density at radius 2 is 2.00 bits per heavy atom.